The van der Waals surface area contributed by atoms with Crippen molar-refractivity contribution in [2.24, 2.45) is 5.73 Å². The number of benzene rings is 2. The molecular formula is C22H20N4. The minimum atomic E-state index is 0.536. The summed E-state index contributed by atoms with van der Waals surface area (Å²) in [6.07, 6.45) is 1.78. The minimum Gasteiger partial charge on any atom is -0.373 e. The van der Waals surface area contributed by atoms with E-state index in [9.17, 15) is 0 Å². The van der Waals surface area contributed by atoms with Crippen molar-refractivity contribution < 1.29 is 0 Å². The maximum absolute atomic E-state index is 5.74. The first-order valence-corrected chi connectivity index (χ1v) is 8.62. The molecule has 2 aromatic carbocycles. The van der Waals surface area contributed by atoms with E-state index < -0.39 is 0 Å². The van der Waals surface area contributed by atoms with Crippen LogP contribution in [0.15, 0.2) is 72.9 Å². The summed E-state index contributed by atoms with van der Waals surface area (Å²) in [5, 5.41) is 4.17. The number of hydrogen-bond acceptors (Lipinski definition) is 4. The Bertz CT molecular complexity index is 1040. The summed E-state index contributed by atoms with van der Waals surface area (Å²) >= 11 is 0. The van der Waals surface area contributed by atoms with Crippen LogP contribution in [-0.4, -0.2) is 17.0 Å². The molecule has 0 spiro atoms. The van der Waals surface area contributed by atoms with Gasteiger partial charge >= 0.3 is 0 Å². The molecule has 0 aliphatic carbocycles. The molecule has 0 amide bonds. The molecular weight excluding hydrogens is 320 g/mol. The monoisotopic (exact) mass is 340 g/mol. The fourth-order valence-electron chi connectivity index (χ4n) is 3.15. The van der Waals surface area contributed by atoms with Crippen molar-refractivity contribution in [2.75, 3.05) is 12.4 Å². The van der Waals surface area contributed by atoms with Gasteiger partial charge in [0, 0.05) is 36.3 Å². The van der Waals surface area contributed by atoms with Crippen LogP contribution in [0.4, 0.5) is 5.82 Å². The lowest BCUT2D eigenvalue weighted by molar-refractivity contribution is 1.07. The molecule has 4 aromatic rings. The van der Waals surface area contributed by atoms with Crippen LogP contribution >= 0.6 is 0 Å². The van der Waals surface area contributed by atoms with Crippen LogP contribution in [0.1, 0.15) is 5.56 Å². The number of nitrogens with two attached hydrogens (primary N) is 1. The van der Waals surface area contributed by atoms with Gasteiger partial charge in [0.2, 0.25) is 0 Å². The van der Waals surface area contributed by atoms with Gasteiger partial charge in [-0.2, -0.15) is 0 Å². The SMILES string of the molecule is CNc1nccc2nc(-c3ccc(CN)cc3)c(-c3ccccc3)cc12. The third-order valence-electron chi connectivity index (χ3n) is 4.53. The molecule has 0 saturated carbocycles. The van der Waals surface area contributed by atoms with Crippen LogP contribution < -0.4 is 11.1 Å². The molecule has 3 N–H and O–H groups in total. The second-order valence-corrected chi connectivity index (χ2v) is 6.13. The molecule has 0 fully saturated rings. The Balaban J connectivity index is 2.00. The number of nitrogens with one attached hydrogen (secondary N) is 1. The van der Waals surface area contributed by atoms with E-state index in [1.807, 2.05) is 31.3 Å². The first kappa shape index (κ1) is 16.2. The molecule has 4 rings (SSSR count). The zero-order valence-corrected chi connectivity index (χ0v) is 14.6. The molecule has 4 nitrogen and oxygen atoms in total. The molecule has 4 heteroatoms. The van der Waals surface area contributed by atoms with Crippen LogP contribution in [-0.2, 0) is 6.54 Å². The molecule has 2 heterocycles. The molecule has 2 aromatic heterocycles. The van der Waals surface area contributed by atoms with Crippen molar-refractivity contribution in [1.29, 1.82) is 0 Å². The van der Waals surface area contributed by atoms with E-state index in [2.05, 4.69) is 52.8 Å². The Morgan fingerprint density at radius 3 is 2.38 bits per heavy atom. The normalized spacial score (nSPS) is 10.8. The highest BCUT2D eigenvalue weighted by Gasteiger charge is 2.13. The van der Waals surface area contributed by atoms with Crippen molar-refractivity contribution in [3.8, 4) is 22.4 Å². The second kappa shape index (κ2) is 6.94. The fourth-order valence-corrected chi connectivity index (χ4v) is 3.15. The molecule has 0 saturated heterocycles. The van der Waals surface area contributed by atoms with Gasteiger partial charge in [-0.15, -0.1) is 0 Å². The van der Waals surface area contributed by atoms with Crippen molar-refractivity contribution >= 4 is 16.7 Å². The van der Waals surface area contributed by atoms with E-state index in [0.29, 0.717) is 6.54 Å². The summed E-state index contributed by atoms with van der Waals surface area (Å²) in [5.41, 5.74) is 12.0. The fraction of sp³-hybridized carbons (Fsp3) is 0.0909. The number of pyridine rings is 2. The van der Waals surface area contributed by atoms with E-state index in [1.165, 1.54) is 0 Å². The highest BCUT2D eigenvalue weighted by molar-refractivity contribution is 5.96. The van der Waals surface area contributed by atoms with E-state index in [0.717, 1.165) is 44.7 Å². The van der Waals surface area contributed by atoms with Crippen molar-refractivity contribution in [2.45, 2.75) is 6.54 Å². The number of anilines is 1. The highest BCUT2D eigenvalue weighted by atomic mass is 15.0. The average Bonchev–Trinajstić information content (AvgIpc) is 2.73. The molecule has 0 aliphatic rings. The molecule has 0 bridgehead atoms. The maximum Gasteiger partial charge on any atom is 0.135 e. The maximum atomic E-state index is 5.74. The molecule has 0 radical (unpaired) electrons. The third kappa shape index (κ3) is 2.91. The van der Waals surface area contributed by atoms with Gasteiger partial charge in [-0.3, -0.25) is 0 Å². The van der Waals surface area contributed by atoms with Gasteiger partial charge in [-0.1, -0.05) is 54.6 Å². The van der Waals surface area contributed by atoms with Crippen LogP contribution in [0.3, 0.4) is 0 Å². The Morgan fingerprint density at radius 1 is 0.923 bits per heavy atom. The Hall–Kier alpha value is -3.24. The molecule has 0 atom stereocenters. The van der Waals surface area contributed by atoms with Crippen LogP contribution in [0.25, 0.3) is 33.3 Å². The van der Waals surface area contributed by atoms with E-state index in [-0.39, 0.29) is 0 Å². The minimum absolute atomic E-state index is 0.536. The van der Waals surface area contributed by atoms with Gasteiger partial charge in [-0.05, 0) is 23.3 Å². The molecule has 0 unspecified atom stereocenters. The average molecular weight is 340 g/mol. The number of hydrogen-bond donors (Lipinski definition) is 2. The summed E-state index contributed by atoms with van der Waals surface area (Å²) in [4.78, 5) is 9.39. The van der Waals surface area contributed by atoms with Crippen molar-refractivity contribution in [3.05, 3.63) is 78.5 Å². The van der Waals surface area contributed by atoms with Crippen molar-refractivity contribution in [1.82, 2.24) is 9.97 Å². The highest BCUT2D eigenvalue weighted by Crippen LogP contribution is 2.35. The van der Waals surface area contributed by atoms with Gasteiger partial charge in [-0.25, -0.2) is 9.97 Å². The molecule has 128 valence electrons. The standard InChI is InChI=1S/C22H20N4/c1-24-22-19-13-18(16-5-3-2-4-6-16)21(26-20(19)11-12-25-22)17-9-7-15(14-23)8-10-17/h2-13H,14,23H2,1H3,(H,24,25). The first-order valence-electron chi connectivity index (χ1n) is 8.62. The van der Waals surface area contributed by atoms with Gasteiger partial charge in [0.05, 0.1) is 11.2 Å². The third-order valence-corrected chi connectivity index (χ3v) is 4.53. The van der Waals surface area contributed by atoms with Crippen LogP contribution in [0.2, 0.25) is 0 Å². The second-order valence-electron chi connectivity index (χ2n) is 6.13. The topological polar surface area (TPSA) is 63.8 Å². The smallest absolute Gasteiger partial charge is 0.135 e. The van der Waals surface area contributed by atoms with E-state index in [4.69, 9.17) is 10.7 Å². The molecule has 26 heavy (non-hydrogen) atoms. The Morgan fingerprint density at radius 2 is 1.69 bits per heavy atom. The molecule has 0 aliphatic heterocycles. The Labute approximate surface area is 152 Å². The number of nitrogens with zero attached hydrogens (tertiary/aromatic N) is 2. The lowest BCUT2D eigenvalue weighted by Crippen LogP contribution is -1.98. The number of fused-ring (bicyclic) bond motifs is 1. The van der Waals surface area contributed by atoms with Crippen LogP contribution in [0, 0.1) is 0 Å². The quantitative estimate of drug-likeness (QED) is 0.575. The van der Waals surface area contributed by atoms with Gasteiger partial charge in [0.1, 0.15) is 5.82 Å². The summed E-state index contributed by atoms with van der Waals surface area (Å²) in [5.74, 6) is 0.831. The summed E-state index contributed by atoms with van der Waals surface area (Å²) in [6.45, 7) is 0.536. The van der Waals surface area contributed by atoms with Crippen LogP contribution in [0.5, 0.6) is 0 Å². The van der Waals surface area contributed by atoms with E-state index >= 15 is 0 Å². The summed E-state index contributed by atoms with van der Waals surface area (Å²) < 4.78 is 0. The zero-order valence-electron chi connectivity index (χ0n) is 14.6. The largest absolute Gasteiger partial charge is 0.373 e. The van der Waals surface area contributed by atoms with Gasteiger partial charge in [0.25, 0.3) is 0 Å². The number of aromatic nitrogens is 2. The predicted octanol–water partition coefficient (Wildman–Crippen LogP) is 4.46. The van der Waals surface area contributed by atoms with Gasteiger partial charge in [0.15, 0.2) is 0 Å². The summed E-state index contributed by atoms with van der Waals surface area (Å²) in [7, 11) is 1.88. The summed E-state index contributed by atoms with van der Waals surface area (Å²) in [6, 6.07) is 22.7. The van der Waals surface area contributed by atoms with Crippen molar-refractivity contribution in [3.63, 3.8) is 0 Å². The number of rotatable bonds is 4. The zero-order chi connectivity index (χ0) is 17.9. The lowest BCUT2D eigenvalue weighted by atomic mass is 9.97. The Kier molecular flexibility index (Phi) is 4.33. The lowest BCUT2D eigenvalue weighted by Gasteiger charge is -2.13. The first-order chi connectivity index (χ1) is 12.8. The predicted molar refractivity (Wildman–Crippen MR) is 108 cm³/mol. The van der Waals surface area contributed by atoms with Gasteiger partial charge < -0.3 is 11.1 Å². The van der Waals surface area contributed by atoms with E-state index in [1.54, 1.807) is 6.20 Å².